The molecule has 4 nitrogen and oxygen atoms in total. The van der Waals surface area contributed by atoms with Gasteiger partial charge in [-0.2, -0.15) is 5.10 Å². The number of benzene rings is 2. The van der Waals surface area contributed by atoms with E-state index in [0.717, 1.165) is 41.9 Å². The van der Waals surface area contributed by atoms with Gasteiger partial charge in [0, 0.05) is 5.56 Å². The molecule has 0 unspecified atom stereocenters. The van der Waals surface area contributed by atoms with Crippen LogP contribution in [0.1, 0.15) is 29.5 Å². The molecule has 0 saturated carbocycles. The lowest BCUT2D eigenvalue weighted by Gasteiger charge is -2.17. The molecule has 1 amide bonds. The average Bonchev–Trinajstić information content (AvgIpc) is 2.59. The number of nitrogens with one attached hydrogen (secondary N) is 1. The number of para-hydroxylation sites is 1. The number of carbonyl (C=O) groups excluding carboxylic acids is 1. The third-order valence-corrected chi connectivity index (χ3v) is 3.96. The minimum absolute atomic E-state index is 0.0384. The van der Waals surface area contributed by atoms with Gasteiger partial charge >= 0.3 is 0 Å². The summed E-state index contributed by atoms with van der Waals surface area (Å²) in [6.07, 6.45) is 3.01. The number of hydrogen-bond donors (Lipinski definition) is 1. The molecule has 0 saturated heterocycles. The summed E-state index contributed by atoms with van der Waals surface area (Å²) in [7, 11) is 0. The van der Waals surface area contributed by atoms with Crippen LogP contribution in [0.3, 0.4) is 0 Å². The van der Waals surface area contributed by atoms with Crippen LogP contribution in [0, 0.1) is 6.92 Å². The molecule has 3 rings (SSSR count). The number of hydrogen-bond acceptors (Lipinski definition) is 3. The van der Waals surface area contributed by atoms with Crippen molar-refractivity contribution < 1.29 is 9.53 Å². The molecule has 118 valence electrons. The number of ether oxygens (including phenoxy) is 1. The molecule has 0 aromatic heterocycles. The molecular weight excluding hydrogens is 288 g/mol. The van der Waals surface area contributed by atoms with Crippen LogP contribution in [0.4, 0.5) is 0 Å². The predicted octanol–water partition coefficient (Wildman–Crippen LogP) is 3.23. The molecule has 0 aliphatic heterocycles. The lowest BCUT2D eigenvalue weighted by atomic mass is 9.90. The Bertz CT molecular complexity index is 738. The zero-order valence-corrected chi connectivity index (χ0v) is 13.2. The van der Waals surface area contributed by atoms with Crippen molar-refractivity contribution in [1.29, 1.82) is 0 Å². The van der Waals surface area contributed by atoms with Crippen molar-refractivity contribution in [2.24, 2.45) is 5.10 Å². The summed E-state index contributed by atoms with van der Waals surface area (Å²) in [6, 6.07) is 15.8. The van der Waals surface area contributed by atoms with Gasteiger partial charge in [-0.15, -0.1) is 0 Å². The van der Waals surface area contributed by atoms with E-state index in [0.29, 0.717) is 0 Å². The fourth-order valence-electron chi connectivity index (χ4n) is 2.74. The van der Waals surface area contributed by atoms with Crippen molar-refractivity contribution in [2.75, 3.05) is 6.61 Å². The second-order valence-electron chi connectivity index (χ2n) is 5.66. The van der Waals surface area contributed by atoms with Crippen LogP contribution in [0.2, 0.25) is 0 Å². The molecule has 23 heavy (non-hydrogen) atoms. The van der Waals surface area contributed by atoms with Crippen molar-refractivity contribution in [1.82, 2.24) is 5.43 Å². The highest BCUT2D eigenvalue weighted by Gasteiger charge is 2.15. The highest BCUT2D eigenvalue weighted by Crippen LogP contribution is 2.21. The summed E-state index contributed by atoms with van der Waals surface area (Å²) in [5.74, 6) is 0.474. The summed E-state index contributed by atoms with van der Waals surface area (Å²) in [5.41, 5.74) is 6.99. The minimum Gasteiger partial charge on any atom is -0.483 e. The second kappa shape index (κ2) is 7.09. The summed E-state index contributed by atoms with van der Waals surface area (Å²) in [6.45, 7) is 1.91. The largest absolute Gasteiger partial charge is 0.483 e. The van der Waals surface area contributed by atoms with Gasteiger partial charge in [0.15, 0.2) is 6.61 Å². The van der Waals surface area contributed by atoms with Gasteiger partial charge in [-0.05, 0) is 43.4 Å². The standard InChI is InChI=1S/C19H20N2O2/c1-14-7-2-5-12-18(14)23-13-19(22)21-20-17-11-6-9-15-8-3-4-10-16(15)17/h2-5,7-8,10,12H,6,9,11,13H2,1H3,(H,21,22)/b20-17+. The van der Waals surface area contributed by atoms with Crippen molar-refractivity contribution in [2.45, 2.75) is 26.2 Å². The van der Waals surface area contributed by atoms with Crippen LogP contribution >= 0.6 is 0 Å². The third kappa shape index (κ3) is 3.77. The van der Waals surface area contributed by atoms with E-state index < -0.39 is 0 Å². The number of carbonyl (C=O) groups is 1. The highest BCUT2D eigenvalue weighted by molar-refractivity contribution is 6.03. The van der Waals surface area contributed by atoms with E-state index in [1.807, 2.05) is 43.3 Å². The van der Waals surface area contributed by atoms with Crippen LogP contribution in [0.5, 0.6) is 5.75 Å². The molecule has 0 radical (unpaired) electrons. The fourth-order valence-corrected chi connectivity index (χ4v) is 2.74. The smallest absolute Gasteiger partial charge is 0.277 e. The van der Waals surface area contributed by atoms with Gasteiger partial charge in [0.2, 0.25) is 0 Å². The van der Waals surface area contributed by atoms with Gasteiger partial charge in [0.25, 0.3) is 5.91 Å². The first-order chi connectivity index (χ1) is 11.2. The van der Waals surface area contributed by atoms with E-state index in [1.165, 1.54) is 5.56 Å². The Morgan fingerprint density at radius 1 is 1.13 bits per heavy atom. The van der Waals surface area contributed by atoms with Crippen LogP contribution in [-0.2, 0) is 11.2 Å². The predicted molar refractivity (Wildman–Crippen MR) is 90.7 cm³/mol. The average molecular weight is 308 g/mol. The third-order valence-electron chi connectivity index (χ3n) is 3.96. The van der Waals surface area contributed by atoms with E-state index in [-0.39, 0.29) is 12.5 Å². The van der Waals surface area contributed by atoms with E-state index >= 15 is 0 Å². The van der Waals surface area contributed by atoms with Crippen molar-refractivity contribution in [3.63, 3.8) is 0 Å². The normalized spacial score (nSPS) is 15.1. The zero-order chi connectivity index (χ0) is 16.1. The Balaban J connectivity index is 1.60. The monoisotopic (exact) mass is 308 g/mol. The van der Waals surface area contributed by atoms with Gasteiger partial charge in [-0.25, -0.2) is 5.43 Å². The first kappa shape index (κ1) is 15.3. The molecular formula is C19H20N2O2. The molecule has 0 atom stereocenters. The lowest BCUT2D eigenvalue weighted by molar-refractivity contribution is -0.123. The molecule has 4 heteroatoms. The lowest BCUT2D eigenvalue weighted by Crippen LogP contribution is -2.27. The maximum Gasteiger partial charge on any atom is 0.277 e. The SMILES string of the molecule is Cc1ccccc1OCC(=O)N/N=C1\CCCc2ccccc21. The molecule has 1 aliphatic carbocycles. The maximum atomic E-state index is 11.9. The fraction of sp³-hybridized carbons (Fsp3) is 0.263. The molecule has 1 aliphatic rings. The number of rotatable bonds is 4. The van der Waals surface area contributed by atoms with E-state index in [2.05, 4.69) is 22.7 Å². The summed E-state index contributed by atoms with van der Waals surface area (Å²) in [5, 5.41) is 4.30. The van der Waals surface area contributed by atoms with Crippen molar-refractivity contribution in [3.05, 3.63) is 65.2 Å². The zero-order valence-electron chi connectivity index (χ0n) is 13.2. The van der Waals surface area contributed by atoms with Crippen LogP contribution < -0.4 is 10.2 Å². The van der Waals surface area contributed by atoms with Gasteiger partial charge in [0.05, 0.1) is 5.71 Å². The molecule has 1 N–H and O–H groups in total. The topological polar surface area (TPSA) is 50.7 Å². The number of fused-ring (bicyclic) bond motifs is 1. The Hall–Kier alpha value is -2.62. The van der Waals surface area contributed by atoms with Crippen molar-refractivity contribution >= 4 is 11.6 Å². The minimum atomic E-state index is -0.246. The molecule has 2 aromatic rings. The van der Waals surface area contributed by atoms with Crippen molar-refractivity contribution in [3.8, 4) is 5.75 Å². The maximum absolute atomic E-state index is 11.9. The van der Waals surface area contributed by atoms with Crippen LogP contribution in [0.25, 0.3) is 0 Å². The first-order valence-corrected chi connectivity index (χ1v) is 7.86. The molecule has 0 heterocycles. The van der Waals surface area contributed by atoms with Gasteiger partial charge in [0.1, 0.15) is 5.75 Å². The van der Waals surface area contributed by atoms with Crippen LogP contribution in [-0.4, -0.2) is 18.2 Å². The Morgan fingerprint density at radius 3 is 2.78 bits per heavy atom. The number of hydrazone groups is 1. The van der Waals surface area contributed by atoms with Crippen LogP contribution in [0.15, 0.2) is 53.6 Å². The van der Waals surface area contributed by atoms with E-state index in [1.54, 1.807) is 0 Å². The Morgan fingerprint density at radius 2 is 1.91 bits per heavy atom. The van der Waals surface area contributed by atoms with Gasteiger partial charge < -0.3 is 4.74 Å². The molecule has 0 spiro atoms. The number of aryl methyl sites for hydroxylation is 2. The second-order valence-corrected chi connectivity index (χ2v) is 5.66. The van der Waals surface area contributed by atoms with E-state index in [4.69, 9.17) is 4.74 Å². The molecule has 0 bridgehead atoms. The molecule has 2 aromatic carbocycles. The summed E-state index contributed by atoms with van der Waals surface area (Å²) < 4.78 is 5.53. The quantitative estimate of drug-likeness (QED) is 0.882. The summed E-state index contributed by atoms with van der Waals surface area (Å²) >= 11 is 0. The Labute approximate surface area is 136 Å². The first-order valence-electron chi connectivity index (χ1n) is 7.86. The van der Waals surface area contributed by atoms with E-state index in [9.17, 15) is 4.79 Å². The summed E-state index contributed by atoms with van der Waals surface area (Å²) in [4.78, 5) is 11.9. The Kier molecular flexibility index (Phi) is 4.71. The molecule has 0 fully saturated rings. The highest BCUT2D eigenvalue weighted by atomic mass is 16.5. The number of amides is 1. The van der Waals surface area contributed by atoms with Gasteiger partial charge in [-0.1, -0.05) is 42.5 Å². The van der Waals surface area contributed by atoms with Gasteiger partial charge in [-0.3, -0.25) is 4.79 Å². The number of nitrogens with zero attached hydrogens (tertiary/aromatic N) is 1.